The molecule has 0 fully saturated rings. The number of nitrogens with zero attached hydrogens (tertiary/aromatic N) is 2. The molecule has 0 unspecified atom stereocenters. The largest absolute Gasteiger partial charge is 0.504 e. The molecule has 3 aromatic carbocycles. The molecule has 0 saturated heterocycles. The standard InChI is InChI=1S/C25H27N3O6S/c1-4-33-24-16-19(10-15-23(24)29)17-26-27-25(30)18(2)28(35(3,31)32)20-11-13-22(14-12-20)34-21-8-6-5-7-9-21/h5-18,29H,4H2,1-3H3,(H,27,30)/b26-17-/t18-/m0/s1. The summed E-state index contributed by atoms with van der Waals surface area (Å²) >= 11 is 0. The molecule has 0 radical (unpaired) electrons. The van der Waals surface area contributed by atoms with Crippen LogP contribution in [0.1, 0.15) is 19.4 Å². The van der Waals surface area contributed by atoms with Gasteiger partial charge in [0.2, 0.25) is 10.0 Å². The van der Waals surface area contributed by atoms with Crippen molar-refractivity contribution < 1.29 is 27.8 Å². The number of sulfonamides is 1. The monoisotopic (exact) mass is 497 g/mol. The van der Waals surface area contributed by atoms with Gasteiger partial charge in [0.05, 0.1) is 24.8 Å². The Bertz CT molecular complexity index is 1280. The molecule has 35 heavy (non-hydrogen) atoms. The number of amides is 1. The minimum absolute atomic E-state index is 0.00867. The number of phenols is 1. The fourth-order valence-corrected chi connectivity index (χ4v) is 4.42. The van der Waals surface area contributed by atoms with Crippen molar-refractivity contribution in [3.8, 4) is 23.0 Å². The van der Waals surface area contributed by atoms with Gasteiger partial charge in [-0.25, -0.2) is 13.8 Å². The van der Waals surface area contributed by atoms with Crippen LogP contribution >= 0.6 is 0 Å². The number of hydrogen-bond donors (Lipinski definition) is 2. The normalized spacial score (nSPS) is 12.2. The molecule has 0 spiro atoms. The Labute approximate surface area is 204 Å². The van der Waals surface area contributed by atoms with E-state index in [2.05, 4.69) is 10.5 Å². The maximum Gasteiger partial charge on any atom is 0.263 e. The van der Waals surface area contributed by atoms with E-state index >= 15 is 0 Å². The highest BCUT2D eigenvalue weighted by Crippen LogP contribution is 2.27. The minimum atomic E-state index is -3.79. The quantitative estimate of drug-likeness (QED) is 0.324. The molecule has 10 heteroatoms. The molecule has 3 rings (SSSR count). The second kappa shape index (κ2) is 11.4. The van der Waals surface area contributed by atoms with Gasteiger partial charge in [-0.3, -0.25) is 9.10 Å². The van der Waals surface area contributed by atoms with Crippen LogP contribution in [-0.4, -0.2) is 44.6 Å². The van der Waals surface area contributed by atoms with Crippen molar-refractivity contribution in [3.63, 3.8) is 0 Å². The van der Waals surface area contributed by atoms with Crippen LogP contribution in [0, 0.1) is 0 Å². The van der Waals surface area contributed by atoms with Crippen LogP contribution in [0.5, 0.6) is 23.0 Å². The predicted octanol–water partition coefficient (Wildman–Crippen LogP) is 3.89. The number of aromatic hydroxyl groups is 1. The molecule has 184 valence electrons. The lowest BCUT2D eigenvalue weighted by molar-refractivity contribution is -0.121. The van der Waals surface area contributed by atoms with E-state index in [0.717, 1.165) is 10.6 Å². The fraction of sp³-hybridized carbons (Fsp3) is 0.200. The first kappa shape index (κ1) is 25.6. The SMILES string of the molecule is CCOc1cc(/C=N\NC(=O)[C@H](C)N(c2ccc(Oc3ccccc3)cc2)S(C)(=O)=O)ccc1O. The van der Waals surface area contributed by atoms with Crippen LogP contribution in [0.3, 0.4) is 0 Å². The summed E-state index contributed by atoms with van der Waals surface area (Å²) in [6.07, 6.45) is 2.40. The van der Waals surface area contributed by atoms with Gasteiger partial charge in [-0.15, -0.1) is 0 Å². The summed E-state index contributed by atoms with van der Waals surface area (Å²) < 4.78 is 37.1. The number of carbonyl (C=O) groups is 1. The molecular formula is C25H27N3O6S. The average Bonchev–Trinajstić information content (AvgIpc) is 2.82. The lowest BCUT2D eigenvalue weighted by Gasteiger charge is -2.27. The summed E-state index contributed by atoms with van der Waals surface area (Å²) in [5.41, 5.74) is 3.24. The fourth-order valence-electron chi connectivity index (χ4n) is 3.24. The molecule has 2 N–H and O–H groups in total. The molecule has 0 saturated carbocycles. The van der Waals surface area contributed by atoms with E-state index in [9.17, 15) is 18.3 Å². The summed E-state index contributed by atoms with van der Waals surface area (Å²) in [6.45, 7) is 3.64. The van der Waals surface area contributed by atoms with Crippen LogP contribution < -0.4 is 19.2 Å². The van der Waals surface area contributed by atoms with Crippen molar-refractivity contribution in [2.45, 2.75) is 19.9 Å². The molecule has 0 heterocycles. The van der Waals surface area contributed by atoms with Gasteiger partial charge >= 0.3 is 0 Å². The summed E-state index contributed by atoms with van der Waals surface area (Å²) in [7, 11) is -3.79. The van der Waals surface area contributed by atoms with Gasteiger partial charge in [0.1, 0.15) is 17.5 Å². The Kier molecular flexibility index (Phi) is 8.32. The number of ether oxygens (including phenoxy) is 2. The Balaban J connectivity index is 1.71. The number of nitrogens with one attached hydrogen (secondary N) is 1. The number of rotatable bonds is 10. The zero-order valence-corrected chi connectivity index (χ0v) is 20.4. The van der Waals surface area contributed by atoms with Crippen molar-refractivity contribution in [2.24, 2.45) is 5.10 Å². The third-order valence-corrected chi connectivity index (χ3v) is 6.07. The second-order valence-electron chi connectivity index (χ2n) is 7.54. The number of benzene rings is 3. The summed E-state index contributed by atoms with van der Waals surface area (Å²) in [4.78, 5) is 12.7. The van der Waals surface area contributed by atoms with E-state index in [1.54, 1.807) is 55.5 Å². The maximum absolute atomic E-state index is 12.7. The zero-order valence-electron chi connectivity index (χ0n) is 19.6. The smallest absolute Gasteiger partial charge is 0.263 e. The first-order valence-electron chi connectivity index (χ1n) is 10.8. The lowest BCUT2D eigenvalue weighted by Crippen LogP contribution is -2.46. The van der Waals surface area contributed by atoms with Gasteiger partial charge in [-0.2, -0.15) is 5.10 Å². The molecule has 0 aliphatic heterocycles. The van der Waals surface area contributed by atoms with E-state index in [1.165, 1.54) is 19.2 Å². The molecule has 0 aliphatic carbocycles. The number of para-hydroxylation sites is 1. The second-order valence-corrected chi connectivity index (χ2v) is 9.40. The van der Waals surface area contributed by atoms with Gasteiger partial charge in [-0.1, -0.05) is 18.2 Å². The highest BCUT2D eigenvalue weighted by atomic mass is 32.2. The molecule has 1 atom stereocenters. The molecular weight excluding hydrogens is 470 g/mol. The van der Waals surface area contributed by atoms with Gasteiger partial charge in [-0.05, 0) is 74.0 Å². The first-order valence-corrected chi connectivity index (χ1v) is 12.6. The Morgan fingerprint density at radius 3 is 2.37 bits per heavy atom. The van der Waals surface area contributed by atoms with Crippen LogP contribution in [0.15, 0.2) is 77.9 Å². The Hall–Kier alpha value is -4.05. The predicted molar refractivity (Wildman–Crippen MR) is 135 cm³/mol. The van der Waals surface area contributed by atoms with Crippen molar-refractivity contribution in [3.05, 3.63) is 78.4 Å². The molecule has 1 amide bonds. The highest BCUT2D eigenvalue weighted by Gasteiger charge is 2.29. The number of hydrazone groups is 1. The van der Waals surface area contributed by atoms with E-state index < -0.39 is 22.0 Å². The van der Waals surface area contributed by atoms with E-state index in [4.69, 9.17) is 9.47 Å². The molecule has 0 aliphatic rings. The number of anilines is 1. The molecule has 9 nitrogen and oxygen atoms in total. The van der Waals surface area contributed by atoms with Gasteiger partial charge < -0.3 is 14.6 Å². The van der Waals surface area contributed by atoms with Crippen molar-refractivity contribution >= 4 is 27.8 Å². The summed E-state index contributed by atoms with van der Waals surface area (Å²) in [5, 5.41) is 13.7. The first-order chi connectivity index (χ1) is 16.7. The summed E-state index contributed by atoms with van der Waals surface area (Å²) in [6, 6.07) is 19.1. The van der Waals surface area contributed by atoms with Gasteiger partial charge in [0.25, 0.3) is 5.91 Å². The van der Waals surface area contributed by atoms with Crippen LogP contribution in [0.4, 0.5) is 5.69 Å². The van der Waals surface area contributed by atoms with Crippen LogP contribution in [0.2, 0.25) is 0 Å². The highest BCUT2D eigenvalue weighted by molar-refractivity contribution is 7.92. The minimum Gasteiger partial charge on any atom is -0.504 e. The number of hydrogen-bond acceptors (Lipinski definition) is 7. The lowest BCUT2D eigenvalue weighted by atomic mass is 10.2. The van der Waals surface area contributed by atoms with Gasteiger partial charge in [0, 0.05) is 0 Å². The van der Waals surface area contributed by atoms with Gasteiger partial charge in [0.15, 0.2) is 11.5 Å². The third kappa shape index (κ3) is 6.97. The van der Waals surface area contributed by atoms with E-state index in [-0.39, 0.29) is 5.75 Å². The topological polar surface area (TPSA) is 118 Å². The number of carbonyl (C=O) groups excluding carboxylic acids is 1. The molecule has 3 aromatic rings. The number of phenolic OH excluding ortho intramolecular Hbond substituents is 1. The molecule has 0 bridgehead atoms. The van der Waals surface area contributed by atoms with Crippen LogP contribution in [0.25, 0.3) is 0 Å². The van der Waals surface area contributed by atoms with Crippen molar-refractivity contribution in [2.75, 3.05) is 17.2 Å². The third-order valence-electron chi connectivity index (χ3n) is 4.83. The Morgan fingerprint density at radius 2 is 1.74 bits per heavy atom. The summed E-state index contributed by atoms with van der Waals surface area (Å²) in [5.74, 6) is 0.827. The zero-order chi connectivity index (χ0) is 25.4. The maximum atomic E-state index is 12.7. The van der Waals surface area contributed by atoms with Crippen LogP contribution in [-0.2, 0) is 14.8 Å². The Morgan fingerprint density at radius 1 is 1.09 bits per heavy atom. The van der Waals surface area contributed by atoms with Crippen molar-refractivity contribution in [1.82, 2.24) is 5.43 Å². The molecule has 0 aromatic heterocycles. The van der Waals surface area contributed by atoms with E-state index in [1.807, 2.05) is 18.2 Å². The van der Waals surface area contributed by atoms with Crippen molar-refractivity contribution in [1.29, 1.82) is 0 Å². The average molecular weight is 498 g/mol. The van der Waals surface area contributed by atoms with E-state index in [0.29, 0.717) is 35.1 Å².